The fourth-order valence-corrected chi connectivity index (χ4v) is 3.07. The Hall–Kier alpha value is 1.39. The predicted octanol–water partition coefficient (Wildman–Crippen LogP) is 1.67. The van der Waals surface area contributed by atoms with Crippen molar-refractivity contribution >= 4 is 15.8 Å². The van der Waals surface area contributed by atoms with Crippen LogP contribution in [0.3, 0.4) is 0 Å². The van der Waals surface area contributed by atoms with Crippen LogP contribution in [-0.4, -0.2) is 4.74 Å². The summed E-state index contributed by atoms with van der Waals surface area (Å²) >= 11 is 7.27. The predicted molar refractivity (Wildman–Crippen MR) is 26.7 cm³/mol. The second-order valence-electron chi connectivity index (χ2n) is 1.15. The Balaban J connectivity index is 2.83. The second kappa shape index (κ2) is 4.55. The Morgan fingerprint density at radius 2 is 2.33 bits per heavy atom. The summed E-state index contributed by atoms with van der Waals surface area (Å²) in [7, 11) is 0. The van der Waals surface area contributed by atoms with E-state index in [1.165, 1.54) is 12.5 Å². The van der Waals surface area contributed by atoms with Crippen LogP contribution in [0.25, 0.3) is 0 Å². The first-order valence-corrected chi connectivity index (χ1v) is 8.41. The van der Waals surface area contributed by atoms with Crippen molar-refractivity contribution in [2.24, 2.45) is 0 Å². The molecule has 32 valence electrons. The molecule has 0 saturated carbocycles. The quantitative estimate of drug-likeness (QED) is 0.467. The zero-order valence-electron chi connectivity index (χ0n) is 3.79. The van der Waals surface area contributed by atoms with Crippen molar-refractivity contribution in [1.29, 1.82) is 0 Å². The van der Waals surface area contributed by atoms with Gasteiger partial charge < -0.3 is 0 Å². The number of halogens is 1. The van der Waals surface area contributed by atoms with E-state index in [0.29, 0.717) is 0 Å². The van der Waals surface area contributed by atoms with Gasteiger partial charge >= 0.3 is 58.5 Å². The summed E-state index contributed by atoms with van der Waals surface area (Å²) in [5.74, 6) is 0. The summed E-state index contributed by atoms with van der Waals surface area (Å²) in [6, 6.07) is 1.28. The SMILES string of the molecule is CCC[Si](Cl)=[Zr+2]. The van der Waals surface area contributed by atoms with E-state index in [2.05, 4.69) is 6.92 Å². The monoisotopic (exact) mass is 196 g/mol. The van der Waals surface area contributed by atoms with Crippen molar-refractivity contribution in [3.05, 3.63) is 0 Å². The molecule has 0 aromatic rings. The average molecular weight is 198 g/mol. The molecule has 0 amide bonds. The molecule has 0 spiro atoms. The van der Waals surface area contributed by atoms with Gasteiger partial charge in [0.25, 0.3) is 0 Å². The van der Waals surface area contributed by atoms with E-state index in [0.717, 1.165) is 0 Å². The van der Waals surface area contributed by atoms with Gasteiger partial charge in [-0.1, -0.05) is 0 Å². The molecule has 3 heteroatoms. The van der Waals surface area contributed by atoms with E-state index in [9.17, 15) is 0 Å². The molecule has 0 aromatic carbocycles. The normalized spacial score (nSPS) is 8.67. The first-order chi connectivity index (χ1) is 2.77. The molecule has 0 N–H and O–H groups in total. The molecular weight excluding hydrogens is 191 g/mol. The van der Waals surface area contributed by atoms with Crippen LogP contribution in [0.4, 0.5) is 0 Å². The Morgan fingerprint density at radius 3 is 2.33 bits per heavy atom. The van der Waals surface area contributed by atoms with E-state index < -0.39 is 0 Å². The van der Waals surface area contributed by atoms with Crippen molar-refractivity contribution in [3.8, 4) is 0 Å². The second-order valence-corrected chi connectivity index (χ2v) is 10.6. The third-order valence-electron chi connectivity index (χ3n) is 0.469. The number of hydrogen-bond donors (Lipinski definition) is 0. The summed E-state index contributed by atoms with van der Waals surface area (Å²) in [4.78, 5) is 0. The third kappa shape index (κ3) is 5.39. The van der Waals surface area contributed by atoms with Crippen LogP contribution in [0.1, 0.15) is 13.3 Å². The van der Waals surface area contributed by atoms with Crippen LogP contribution in [-0.2, 0) is 23.3 Å². The summed E-state index contributed by atoms with van der Waals surface area (Å²) in [5.41, 5.74) is 0. The van der Waals surface area contributed by atoms with Crippen LogP contribution in [0.2, 0.25) is 6.04 Å². The molecule has 0 aliphatic carbocycles. The van der Waals surface area contributed by atoms with Crippen molar-refractivity contribution in [1.82, 2.24) is 0 Å². The van der Waals surface area contributed by atoms with Crippen LogP contribution >= 0.6 is 11.1 Å². The maximum atomic E-state index is 5.72. The van der Waals surface area contributed by atoms with E-state index in [4.69, 9.17) is 11.1 Å². The topological polar surface area (TPSA) is 0 Å². The first kappa shape index (κ1) is 7.39. The summed E-state index contributed by atoms with van der Waals surface area (Å²) in [6.45, 7) is 2.18. The molecule has 0 aromatic heterocycles. The van der Waals surface area contributed by atoms with Crippen molar-refractivity contribution in [2.45, 2.75) is 19.4 Å². The molecular formula is C3H7ClSiZr+2. The molecule has 0 radical (unpaired) electrons. The van der Waals surface area contributed by atoms with Crippen molar-refractivity contribution in [2.75, 3.05) is 0 Å². The molecule has 0 nitrogen and oxygen atoms in total. The molecule has 0 atom stereocenters. The standard InChI is InChI=1S/C3H7ClSi.Zr/c1-2-3-5-4;/h2-3H2,1H3;/q;+2. The van der Waals surface area contributed by atoms with Gasteiger partial charge in [0.05, 0.1) is 0 Å². The number of rotatable bonds is 2. The van der Waals surface area contributed by atoms with Crippen molar-refractivity contribution < 1.29 is 23.3 Å². The van der Waals surface area contributed by atoms with Crippen LogP contribution in [0.5, 0.6) is 0 Å². The Kier molecular flexibility index (Phi) is 5.60. The molecule has 0 unspecified atom stereocenters. The molecule has 0 heterocycles. The molecule has 0 saturated heterocycles. The maximum absolute atomic E-state index is 5.72. The van der Waals surface area contributed by atoms with Crippen molar-refractivity contribution in [3.63, 3.8) is 0 Å². The van der Waals surface area contributed by atoms with Crippen LogP contribution in [0, 0.1) is 0 Å². The van der Waals surface area contributed by atoms with Gasteiger partial charge in [0.2, 0.25) is 0 Å². The number of hydrogen-bond acceptors (Lipinski definition) is 0. The fourth-order valence-electron chi connectivity index (χ4n) is 0.219. The van der Waals surface area contributed by atoms with Gasteiger partial charge in [-0.05, 0) is 0 Å². The van der Waals surface area contributed by atoms with E-state index in [-0.39, 0.29) is 4.74 Å². The summed E-state index contributed by atoms with van der Waals surface area (Å²) in [5, 5.41) is 0. The molecule has 6 heavy (non-hydrogen) atoms. The Bertz CT molecular complexity index is 54.8. The van der Waals surface area contributed by atoms with E-state index in [1.807, 2.05) is 0 Å². The Morgan fingerprint density at radius 1 is 1.83 bits per heavy atom. The molecule has 0 bridgehead atoms. The zero-order valence-corrected chi connectivity index (χ0v) is 8.01. The Labute approximate surface area is 58.3 Å². The molecule has 0 rings (SSSR count). The first-order valence-electron chi connectivity index (χ1n) is 2.00. The van der Waals surface area contributed by atoms with Gasteiger partial charge in [-0.2, -0.15) is 0 Å². The van der Waals surface area contributed by atoms with Gasteiger partial charge in [-0.15, -0.1) is 0 Å². The minimum absolute atomic E-state index is 0.323. The van der Waals surface area contributed by atoms with E-state index in [1.54, 1.807) is 23.3 Å². The summed E-state index contributed by atoms with van der Waals surface area (Å²) in [6.07, 6.45) is 1.27. The molecule has 0 fully saturated rings. The molecule has 0 aliphatic heterocycles. The van der Waals surface area contributed by atoms with Gasteiger partial charge in [0.1, 0.15) is 0 Å². The van der Waals surface area contributed by atoms with Crippen LogP contribution in [0.15, 0.2) is 0 Å². The zero-order chi connectivity index (χ0) is 4.99. The minimum atomic E-state index is -0.323. The van der Waals surface area contributed by atoms with Gasteiger partial charge in [-0.25, -0.2) is 0 Å². The van der Waals surface area contributed by atoms with Gasteiger partial charge in [0, 0.05) is 0 Å². The third-order valence-corrected chi connectivity index (χ3v) is 3.82. The molecule has 0 aliphatic rings. The van der Waals surface area contributed by atoms with E-state index >= 15 is 0 Å². The van der Waals surface area contributed by atoms with Gasteiger partial charge in [-0.3, -0.25) is 0 Å². The fraction of sp³-hybridized carbons (Fsp3) is 1.00. The van der Waals surface area contributed by atoms with Crippen LogP contribution < -0.4 is 0 Å². The summed E-state index contributed by atoms with van der Waals surface area (Å²) < 4.78 is -0.323. The van der Waals surface area contributed by atoms with Gasteiger partial charge in [0.15, 0.2) is 0 Å². The average Bonchev–Trinajstić information content (AvgIpc) is 1.35.